The molecule has 0 fully saturated rings. The maximum absolute atomic E-state index is 12.4. The Kier molecular flexibility index (Phi) is 3.09. The first-order valence-corrected chi connectivity index (χ1v) is 7.65. The van der Waals surface area contributed by atoms with Gasteiger partial charge in [0.15, 0.2) is 11.5 Å². The van der Waals surface area contributed by atoms with Crippen molar-refractivity contribution < 1.29 is 0 Å². The van der Waals surface area contributed by atoms with Crippen LogP contribution >= 0.6 is 0 Å². The predicted octanol–water partition coefficient (Wildman–Crippen LogP) is 1.61. The fourth-order valence-corrected chi connectivity index (χ4v) is 2.80. The Morgan fingerprint density at radius 1 is 1.17 bits per heavy atom. The number of hydrogen-bond acceptors (Lipinski definition) is 4. The second-order valence-electron chi connectivity index (χ2n) is 5.61. The first-order valence-electron chi connectivity index (χ1n) is 7.65. The lowest BCUT2D eigenvalue weighted by atomic mass is 10.2. The zero-order valence-corrected chi connectivity index (χ0v) is 13.3. The summed E-state index contributed by atoms with van der Waals surface area (Å²) in [5, 5.41) is 1.07. The van der Waals surface area contributed by atoms with Crippen LogP contribution in [0.3, 0.4) is 0 Å². The quantitative estimate of drug-likeness (QED) is 0.608. The zero-order chi connectivity index (χ0) is 16.8. The molecule has 120 valence electrons. The Labute approximate surface area is 136 Å². The van der Waals surface area contributed by atoms with Gasteiger partial charge in [-0.15, -0.1) is 0 Å². The van der Waals surface area contributed by atoms with Gasteiger partial charge in [0.25, 0.3) is 5.56 Å². The van der Waals surface area contributed by atoms with Gasteiger partial charge in [0, 0.05) is 30.7 Å². The molecule has 7 heteroatoms. The van der Waals surface area contributed by atoms with Gasteiger partial charge < -0.3 is 9.55 Å². The van der Waals surface area contributed by atoms with E-state index in [-0.39, 0.29) is 5.69 Å². The lowest BCUT2D eigenvalue weighted by Gasteiger charge is -2.13. The highest BCUT2D eigenvalue weighted by molar-refractivity contribution is 5.85. The predicted molar refractivity (Wildman–Crippen MR) is 91.1 cm³/mol. The maximum atomic E-state index is 12.4. The van der Waals surface area contributed by atoms with Gasteiger partial charge in [-0.25, -0.2) is 9.78 Å². The van der Waals surface area contributed by atoms with Crippen molar-refractivity contribution in [2.24, 2.45) is 7.05 Å². The number of hydrogen-bond donors (Lipinski definition) is 1. The smallest absolute Gasteiger partial charge is 0.352 e. The van der Waals surface area contributed by atoms with Crippen LogP contribution in [-0.4, -0.2) is 24.1 Å². The minimum absolute atomic E-state index is 0.190. The molecule has 2 aromatic rings. The normalized spacial score (nSPS) is 11.4. The Morgan fingerprint density at radius 2 is 1.96 bits per heavy atom. The lowest BCUT2D eigenvalue weighted by Crippen LogP contribution is -2.36. The lowest BCUT2D eigenvalue weighted by molar-refractivity contribution is 0.697. The number of para-hydroxylation sites is 1. The molecule has 1 aromatic heterocycles. The second kappa shape index (κ2) is 5.16. The average molecular weight is 321 g/mol. The van der Waals surface area contributed by atoms with Gasteiger partial charge in [-0.1, -0.05) is 18.2 Å². The molecule has 0 spiro atoms. The number of fused-ring (bicyclic) bond motifs is 2. The van der Waals surface area contributed by atoms with Crippen LogP contribution in [0.1, 0.15) is 6.92 Å². The van der Waals surface area contributed by atoms with Crippen molar-refractivity contribution in [1.82, 2.24) is 24.1 Å². The van der Waals surface area contributed by atoms with Crippen molar-refractivity contribution in [3.63, 3.8) is 0 Å². The van der Waals surface area contributed by atoms with Crippen LogP contribution in [0, 0.1) is 0 Å². The Balaban J connectivity index is 2.04. The van der Waals surface area contributed by atoms with Crippen LogP contribution < -0.4 is 11.2 Å². The van der Waals surface area contributed by atoms with Crippen LogP contribution in [0.4, 0.5) is 0 Å². The molecule has 0 saturated heterocycles. The Morgan fingerprint density at radius 3 is 2.71 bits per heavy atom. The third-order valence-corrected chi connectivity index (χ3v) is 4.14. The Bertz CT molecular complexity index is 1120. The summed E-state index contributed by atoms with van der Waals surface area (Å²) >= 11 is 0. The number of benzene rings is 1. The first kappa shape index (κ1) is 14.4. The van der Waals surface area contributed by atoms with Crippen molar-refractivity contribution in [1.29, 1.82) is 0 Å². The van der Waals surface area contributed by atoms with Gasteiger partial charge in [0.1, 0.15) is 5.69 Å². The minimum atomic E-state index is -0.574. The maximum Gasteiger partial charge on any atom is 0.352 e. The molecule has 0 aliphatic carbocycles. The minimum Gasteiger partial charge on any atom is -0.353 e. The third kappa shape index (κ3) is 2.05. The summed E-state index contributed by atoms with van der Waals surface area (Å²) < 4.78 is 2.75. The molecule has 2 aliphatic heterocycles. The standard InChI is InChI=1S/C17H15N5O2/c1-3-22-9-13(12-8-10-6-4-5-7-11(10)18-12)19-14-15(22)20-17(24)21(2)16(14)23/h4-9,18H,3H2,1-2H3. The van der Waals surface area contributed by atoms with Crippen LogP contribution in [0.15, 0.2) is 46.1 Å². The van der Waals surface area contributed by atoms with E-state index in [4.69, 9.17) is 0 Å². The van der Waals surface area contributed by atoms with Crippen LogP contribution in [0.5, 0.6) is 0 Å². The molecule has 0 atom stereocenters. The van der Waals surface area contributed by atoms with E-state index >= 15 is 0 Å². The number of nitrogens with zero attached hydrogens (tertiary/aromatic N) is 4. The number of aromatic amines is 1. The molecule has 0 unspecified atom stereocenters. The van der Waals surface area contributed by atoms with Crippen molar-refractivity contribution in [2.45, 2.75) is 13.5 Å². The van der Waals surface area contributed by atoms with Crippen LogP contribution in [0.2, 0.25) is 0 Å². The zero-order valence-electron chi connectivity index (χ0n) is 13.3. The second-order valence-corrected chi connectivity index (χ2v) is 5.61. The number of nitrogens with one attached hydrogen (secondary N) is 1. The average Bonchev–Trinajstić information content (AvgIpc) is 3.03. The van der Waals surface area contributed by atoms with E-state index in [0.717, 1.165) is 21.2 Å². The van der Waals surface area contributed by atoms with E-state index in [1.54, 1.807) is 10.8 Å². The summed E-state index contributed by atoms with van der Waals surface area (Å²) in [7, 11) is 1.41. The van der Waals surface area contributed by atoms with Crippen molar-refractivity contribution in [3.8, 4) is 22.9 Å². The molecule has 1 N–H and O–H groups in total. The summed E-state index contributed by atoms with van der Waals surface area (Å²) in [5.74, 6) is 0.311. The summed E-state index contributed by atoms with van der Waals surface area (Å²) in [6.45, 7) is 2.50. The van der Waals surface area contributed by atoms with E-state index in [9.17, 15) is 9.59 Å². The fourth-order valence-electron chi connectivity index (χ4n) is 2.80. The highest BCUT2D eigenvalue weighted by Gasteiger charge is 2.19. The molecule has 0 bridgehead atoms. The largest absolute Gasteiger partial charge is 0.353 e. The fraction of sp³-hybridized carbons (Fsp3) is 0.176. The highest BCUT2D eigenvalue weighted by atomic mass is 16.2. The van der Waals surface area contributed by atoms with E-state index in [1.165, 1.54) is 7.05 Å². The third-order valence-electron chi connectivity index (χ3n) is 4.14. The van der Waals surface area contributed by atoms with E-state index in [0.29, 0.717) is 18.1 Å². The number of rotatable bonds is 2. The summed E-state index contributed by atoms with van der Waals surface area (Å²) in [6, 6.07) is 9.91. The van der Waals surface area contributed by atoms with E-state index < -0.39 is 11.2 Å². The van der Waals surface area contributed by atoms with Gasteiger partial charge >= 0.3 is 5.69 Å². The number of aryl methyl sites for hydroxylation is 1. The molecular weight excluding hydrogens is 306 g/mol. The van der Waals surface area contributed by atoms with Gasteiger partial charge in [-0.3, -0.25) is 9.36 Å². The van der Waals surface area contributed by atoms with E-state index in [2.05, 4.69) is 15.0 Å². The van der Waals surface area contributed by atoms with E-state index in [1.807, 2.05) is 37.3 Å². The summed E-state index contributed by atoms with van der Waals surface area (Å²) in [5.41, 5.74) is 1.63. The van der Waals surface area contributed by atoms with Gasteiger partial charge in [0.2, 0.25) is 0 Å². The van der Waals surface area contributed by atoms with Crippen molar-refractivity contribution >= 4 is 10.9 Å². The molecular formula is C17H15N5O2. The molecule has 7 nitrogen and oxygen atoms in total. The van der Waals surface area contributed by atoms with Gasteiger partial charge in [-0.2, -0.15) is 4.98 Å². The topological polar surface area (TPSA) is 85.6 Å². The highest BCUT2D eigenvalue weighted by Crippen LogP contribution is 2.24. The molecule has 0 saturated carbocycles. The first-order chi connectivity index (χ1) is 11.6. The number of aromatic nitrogens is 5. The summed E-state index contributed by atoms with van der Waals surface area (Å²) in [6.07, 6.45) is 1.80. The molecule has 3 heterocycles. The van der Waals surface area contributed by atoms with Crippen molar-refractivity contribution in [3.05, 3.63) is 57.4 Å². The van der Waals surface area contributed by atoms with Crippen molar-refractivity contribution in [2.75, 3.05) is 0 Å². The van der Waals surface area contributed by atoms with Gasteiger partial charge in [0.05, 0.1) is 5.69 Å². The Hall–Kier alpha value is -3.22. The summed E-state index contributed by atoms with van der Waals surface area (Å²) in [4.78, 5) is 36.0. The molecule has 0 amide bonds. The van der Waals surface area contributed by atoms with Crippen LogP contribution in [-0.2, 0) is 13.6 Å². The van der Waals surface area contributed by atoms with Crippen LogP contribution in [0.25, 0.3) is 33.8 Å². The molecule has 2 aliphatic rings. The molecule has 0 radical (unpaired) electrons. The molecule has 24 heavy (non-hydrogen) atoms. The molecule has 1 aromatic carbocycles. The molecule has 4 rings (SSSR count). The number of H-pyrrole nitrogens is 1. The SMILES string of the molecule is CCn1cc(-c2cc3ccccc3[nH]2)nc2c(=O)n(C)c(=O)nc1-2. The monoisotopic (exact) mass is 321 g/mol. The van der Waals surface area contributed by atoms with Gasteiger partial charge in [-0.05, 0) is 19.1 Å².